The maximum absolute atomic E-state index is 12.2. The summed E-state index contributed by atoms with van der Waals surface area (Å²) in [6.45, 7) is 1.08. The molecule has 0 aliphatic rings. The zero-order chi connectivity index (χ0) is 13.1. The average Bonchev–Trinajstić information content (AvgIpc) is 2.80. The van der Waals surface area contributed by atoms with E-state index in [0.29, 0.717) is 23.8 Å². The van der Waals surface area contributed by atoms with Crippen molar-refractivity contribution in [3.8, 4) is 0 Å². The van der Waals surface area contributed by atoms with Gasteiger partial charge in [-0.3, -0.25) is 4.79 Å². The number of halogens is 1. The van der Waals surface area contributed by atoms with Crippen LogP contribution in [0.4, 0.5) is 5.82 Å². The smallest absolute Gasteiger partial charge is 0.216 e. The number of aromatic nitrogens is 3. The number of rotatable bonds is 4. The molecule has 0 spiro atoms. The van der Waals surface area contributed by atoms with Gasteiger partial charge in [0.25, 0.3) is 0 Å². The fourth-order valence-electron chi connectivity index (χ4n) is 1.52. The number of pyridine rings is 1. The molecule has 7 heteroatoms. The Kier molecular flexibility index (Phi) is 3.59. The molecular formula is C11H12ClN5O. The van der Waals surface area contributed by atoms with E-state index in [2.05, 4.69) is 9.97 Å². The van der Waals surface area contributed by atoms with Crippen LogP contribution in [0.1, 0.15) is 16.1 Å². The Labute approximate surface area is 109 Å². The molecule has 2 aromatic heterocycles. The molecule has 0 aliphatic heterocycles. The van der Waals surface area contributed by atoms with Crippen molar-refractivity contribution >= 4 is 23.2 Å². The van der Waals surface area contributed by atoms with E-state index >= 15 is 0 Å². The van der Waals surface area contributed by atoms with Gasteiger partial charge in [-0.05, 0) is 6.07 Å². The number of nitrogens with two attached hydrogens (primary N) is 2. The van der Waals surface area contributed by atoms with Crippen LogP contribution in [0.3, 0.4) is 0 Å². The molecule has 0 atom stereocenters. The number of carbonyl (C=O) groups is 1. The second-order valence-corrected chi connectivity index (χ2v) is 4.14. The van der Waals surface area contributed by atoms with E-state index < -0.39 is 0 Å². The number of nitrogen functional groups attached to an aromatic ring is 1. The third kappa shape index (κ3) is 2.49. The molecular weight excluding hydrogens is 254 g/mol. The van der Waals surface area contributed by atoms with Crippen LogP contribution in [0, 0.1) is 0 Å². The van der Waals surface area contributed by atoms with Crippen LogP contribution in [0.5, 0.6) is 0 Å². The van der Waals surface area contributed by atoms with E-state index in [1.54, 1.807) is 17.1 Å². The van der Waals surface area contributed by atoms with E-state index in [0.717, 1.165) is 0 Å². The minimum absolute atomic E-state index is 0.137. The van der Waals surface area contributed by atoms with Gasteiger partial charge in [0.1, 0.15) is 11.5 Å². The van der Waals surface area contributed by atoms with Gasteiger partial charge >= 0.3 is 0 Å². The zero-order valence-electron chi connectivity index (χ0n) is 9.51. The summed E-state index contributed by atoms with van der Waals surface area (Å²) in [5.41, 5.74) is 11.6. The van der Waals surface area contributed by atoms with Crippen LogP contribution in [-0.2, 0) is 6.54 Å². The van der Waals surface area contributed by atoms with Crippen molar-refractivity contribution in [1.82, 2.24) is 14.5 Å². The van der Waals surface area contributed by atoms with Gasteiger partial charge in [-0.2, -0.15) is 0 Å². The average molecular weight is 266 g/mol. The molecule has 6 nitrogen and oxygen atoms in total. The monoisotopic (exact) mass is 265 g/mol. The largest absolute Gasteiger partial charge is 0.383 e. The molecule has 0 unspecified atom stereocenters. The predicted octanol–water partition coefficient (Wildman–Crippen LogP) is 0.703. The van der Waals surface area contributed by atoms with Crippen molar-refractivity contribution in [1.29, 1.82) is 0 Å². The lowest BCUT2D eigenvalue weighted by Crippen LogP contribution is -2.09. The van der Waals surface area contributed by atoms with Crippen LogP contribution in [0.2, 0.25) is 5.02 Å². The minimum atomic E-state index is -0.307. The Balaban J connectivity index is 2.32. The van der Waals surface area contributed by atoms with Crippen LogP contribution in [-0.4, -0.2) is 26.9 Å². The third-order valence-corrected chi connectivity index (χ3v) is 2.59. The number of imidazole rings is 1. The Hall–Kier alpha value is -1.92. The summed E-state index contributed by atoms with van der Waals surface area (Å²) < 4.78 is 1.74. The van der Waals surface area contributed by atoms with Gasteiger partial charge in [0.2, 0.25) is 5.78 Å². The van der Waals surface area contributed by atoms with Crippen molar-refractivity contribution in [2.75, 3.05) is 12.3 Å². The summed E-state index contributed by atoms with van der Waals surface area (Å²) in [6.07, 6.45) is 4.56. The van der Waals surface area contributed by atoms with Gasteiger partial charge in [-0.15, -0.1) is 0 Å². The van der Waals surface area contributed by atoms with Crippen LogP contribution < -0.4 is 11.5 Å². The first-order valence-corrected chi connectivity index (χ1v) is 5.67. The van der Waals surface area contributed by atoms with Gasteiger partial charge in [0, 0.05) is 25.5 Å². The topological polar surface area (TPSA) is 99.8 Å². The molecule has 18 heavy (non-hydrogen) atoms. The summed E-state index contributed by atoms with van der Waals surface area (Å²) >= 11 is 5.79. The Bertz CT molecular complexity index is 581. The van der Waals surface area contributed by atoms with Crippen LogP contribution in [0.15, 0.2) is 24.8 Å². The molecule has 0 saturated heterocycles. The third-order valence-electron chi connectivity index (χ3n) is 2.38. The summed E-state index contributed by atoms with van der Waals surface area (Å²) in [6, 6.07) is 1.48. The molecule has 2 aromatic rings. The molecule has 0 saturated carbocycles. The van der Waals surface area contributed by atoms with Gasteiger partial charge in [-0.25, -0.2) is 9.97 Å². The Morgan fingerprint density at radius 1 is 1.44 bits per heavy atom. The number of nitrogens with zero attached hydrogens (tertiary/aromatic N) is 3. The van der Waals surface area contributed by atoms with E-state index in [9.17, 15) is 4.79 Å². The fourth-order valence-corrected chi connectivity index (χ4v) is 1.68. The lowest BCUT2D eigenvalue weighted by Gasteiger charge is -2.02. The maximum Gasteiger partial charge on any atom is 0.216 e. The standard InChI is InChI=1S/C11H12ClN5O/c12-7-3-8(11(14)15-4-7)10(18)9-5-17(2-1-13)6-16-9/h3-6H,1-2,13H2,(H2,14,15). The number of hydrogen-bond acceptors (Lipinski definition) is 5. The van der Waals surface area contributed by atoms with Crippen LogP contribution >= 0.6 is 11.6 Å². The highest BCUT2D eigenvalue weighted by molar-refractivity contribution is 6.31. The van der Waals surface area contributed by atoms with Crippen molar-refractivity contribution in [3.05, 3.63) is 41.1 Å². The van der Waals surface area contributed by atoms with Gasteiger partial charge in [0.15, 0.2) is 0 Å². The maximum atomic E-state index is 12.2. The summed E-state index contributed by atoms with van der Waals surface area (Å²) in [4.78, 5) is 20.0. The normalized spacial score (nSPS) is 10.6. The number of hydrogen-bond donors (Lipinski definition) is 2. The predicted molar refractivity (Wildman–Crippen MR) is 68.4 cm³/mol. The summed E-state index contributed by atoms with van der Waals surface area (Å²) in [7, 11) is 0. The van der Waals surface area contributed by atoms with Crippen molar-refractivity contribution < 1.29 is 4.79 Å². The second kappa shape index (κ2) is 5.16. The SMILES string of the molecule is NCCn1cnc(C(=O)c2cc(Cl)cnc2N)c1. The summed E-state index contributed by atoms with van der Waals surface area (Å²) in [5.74, 6) is -0.170. The second-order valence-electron chi connectivity index (χ2n) is 3.70. The quantitative estimate of drug-likeness (QED) is 0.793. The zero-order valence-corrected chi connectivity index (χ0v) is 10.3. The minimum Gasteiger partial charge on any atom is -0.383 e. The molecule has 2 heterocycles. The lowest BCUT2D eigenvalue weighted by molar-refractivity contribution is 0.103. The molecule has 4 N–H and O–H groups in total. The summed E-state index contributed by atoms with van der Waals surface area (Å²) in [5, 5.41) is 0.356. The first kappa shape index (κ1) is 12.5. The fraction of sp³-hybridized carbons (Fsp3) is 0.182. The molecule has 0 aromatic carbocycles. The Morgan fingerprint density at radius 2 is 2.22 bits per heavy atom. The Morgan fingerprint density at radius 3 is 2.94 bits per heavy atom. The van der Waals surface area contributed by atoms with Crippen molar-refractivity contribution in [2.24, 2.45) is 5.73 Å². The van der Waals surface area contributed by atoms with Gasteiger partial charge in [0.05, 0.1) is 16.9 Å². The molecule has 0 fully saturated rings. The van der Waals surface area contributed by atoms with Crippen molar-refractivity contribution in [3.63, 3.8) is 0 Å². The highest BCUT2D eigenvalue weighted by Crippen LogP contribution is 2.18. The number of carbonyl (C=O) groups excluding carboxylic acids is 1. The number of anilines is 1. The molecule has 0 amide bonds. The highest BCUT2D eigenvalue weighted by Gasteiger charge is 2.16. The van der Waals surface area contributed by atoms with E-state index in [1.807, 2.05) is 0 Å². The van der Waals surface area contributed by atoms with Gasteiger partial charge < -0.3 is 16.0 Å². The van der Waals surface area contributed by atoms with Crippen molar-refractivity contribution in [2.45, 2.75) is 6.54 Å². The van der Waals surface area contributed by atoms with Crippen LogP contribution in [0.25, 0.3) is 0 Å². The molecule has 0 aliphatic carbocycles. The first-order chi connectivity index (χ1) is 8.61. The van der Waals surface area contributed by atoms with E-state index in [-0.39, 0.29) is 17.2 Å². The number of ketones is 1. The first-order valence-electron chi connectivity index (χ1n) is 5.29. The molecule has 0 bridgehead atoms. The van der Waals surface area contributed by atoms with E-state index in [4.69, 9.17) is 23.1 Å². The molecule has 2 rings (SSSR count). The van der Waals surface area contributed by atoms with E-state index in [1.165, 1.54) is 12.3 Å². The highest BCUT2D eigenvalue weighted by atomic mass is 35.5. The van der Waals surface area contributed by atoms with Gasteiger partial charge in [-0.1, -0.05) is 11.6 Å². The lowest BCUT2D eigenvalue weighted by atomic mass is 10.1. The molecule has 94 valence electrons. The molecule has 0 radical (unpaired) electrons.